The SMILES string of the molecule is CCCCc1ncc(Oc2cnc(CCCC)c(CC3CCC(CCCC)CC3)c2)cc1CC1CCC(CCCC)CC1. The minimum atomic E-state index is 0.790. The van der Waals surface area contributed by atoms with Gasteiger partial charge in [-0.3, -0.25) is 9.97 Å². The van der Waals surface area contributed by atoms with Gasteiger partial charge < -0.3 is 4.74 Å². The maximum absolute atomic E-state index is 6.55. The van der Waals surface area contributed by atoms with Crippen LogP contribution >= 0.6 is 0 Å². The van der Waals surface area contributed by atoms with Crippen molar-refractivity contribution in [3.05, 3.63) is 47.0 Å². The van der Waals surface area contributed by atoms with Crippen LogP contribution in [-0.4, -0.2) is 9.97 Å². The van der Waals surface area contributed by atoms with Gasteiger partial charge in [0, 0.05) is 11.4 Å². The lowest BCUT2D eigenvalue weighted by atomic mass is 9.77. The van der Waals surface area contributed by atoms with Crippen LogP contribution in [0.4, 0.5) is 0 Å². The van der Waals surface area contributed by atoms with Crippen LogP contribution in [0.1, 0.15) is 166 Å². The van der Waals surface area contributed by atoms with Gasteiger partial charge in [-0.25, -0.2) is 0 Å². The highest BCUT2D eigenvalue weighted by Gasteiger charge is 2.24. The van der Waals surface area contributed by atoms with Gasteiger partial charge in [-0.2, -0.15) is 0 Å². The number of pyridine rings is 2. The van der Waals surface area contributed by atoms with Gasteiger partial charge in [0.25, 0.3) is 0 Å². The lowest BCUT2D eigenvalue weighted by Gasteiger charge is -2.29. The van der Waals surface area contributed by atoms with E-state index in [4.69, 9.17) is 14.7 Å². The van der Waals surface area contributed by atoms with Crippen molar-refractivity contribution in [1.82, 2.24) is 9.97 Å². The summed E-state index contributed by atoms with van der Waals surface area (Å²) in [6.45, 7) is 9.20. The molecule has 2 fully saturated rings. The fourth-order valence-corrected chi connectivity index (χ4v) is 7.83. The van der Waals surface area contributed by atoms with Crippen molar-refractivity contribution in [3.63, 3.8) is 0 Å². The molecule has 4 rings (SSSR count). The Bertz CT molecular complexity index is 965. The topological polar surface area (TPSA) is 35.0 Å². The number of aromatic nitrogens is 2. The third kappa shape index (κ3) is 11.2. The summed E-state index contributed by atoms with van der Waals surface area (Å²) in [5.41, 5.74) is 5.45. The molecule has 2 aromatic rings. The normalized spacial score (nSPS) is 22.5. The molecule has 0 saturated heterocycles. The van der Waals surface area contributed by atoms with Crippen LogP contribution in [-0.2, 0) is 25.7 Å². The van der Waals surface area contributed by atoms with E-state index < -0.39 is 0 Å². The zero-order chi connectivity index (χ0) is 30.3. The Labute approximate surface area is 265 Å². The van der Waals surface area contributed by atoms with Crippen LogP contribution in [0.2, 0.25) is 0 Å². The molecule has 2 aliphatic carbocycles. The molecule has 0 amide bonds. The molecule has 2 aliphatic rings. The predicted molar refractivity (Wildman–Crippen MR) is 183 cm³/mol. The molecular formula is C40H64N2O. The molecule has 0 bridgehead atoms. The van der Waals surface area contributed by atoms with Crippen molar-refractivity contribution in [2.45, 2.75) is 169 Å². The molecule has 0 spiro atoms. The minimum absolute atomic E-state index is 0.790. The van der Waals surface area contributed by atoms with Crippen LogP contribution < -0.4 is 4.74 Å². The Morgan fingerprint density at radius 1 is 0.535 bits per heavy atom. The molecular weight excluding hydrogens is 524 g/mol. The van der Waals surface area contributed by atoms with Gasteiger partial charge in [-0.1, -0.05) is 105 Å². The highest BCUT2D eigenvalue weighted by molar-refractivity contribution is 5.36. The fraction of sp³-hybridized carbons (Fsp3) is 0.750. The van der Waals surface area contributed by atoms with Crippen molar-refractivity contribution in [2.24, 2.45) is 23.7 Å². The number of nitrogens with zero attached hydrogens (tertiary/aromatic N) is 2. The average molecular weight is 589 g/mol. The molecule has 0 N–H and O–H groups in total. The minimum Gasteiger partial charge on any atom is -0.454 e. The summed E-state index contributed by atoms with van der Waals surface area (Å²) in [6.07, 6.45) is 32.7. The van der Waals surface area contributed by atoms with Gasteiger partial charge in [0.1, 0.15) is 11.5 Å². The second-order valence-electron chi connectivity index (χ2n) is 14.3. The van der Waals surface area contributed by atoms with Gasteiger partial charge in [0.2, 0.25) is 0 Å². The van der Waals surface area contributed by atoms with Crippen molar-refractivity contribution >= 4 is 0 Å². The van der Waals surface area contributed by atoms with Gasteiger partial charge in [0.15, 0.2) is 0 Å². The molecule has 240 valence electrons. The summed E-state index contributed by atoms with van der Waals surface area (Å²) in [4.78, 5) is 9.98. The molecule has 2 saturated carbocycles. The van der Waals surface area contributed by atoms with E-state index in [-0.39, 0.29) is 0 Å². The molecule has 0 atom stereocenters. The number of aryl methyl sites for hydroxylation is 2. The lowest BCUT2D eigenvalue weighted by Crippen LogP contribution is -2.17. The highest BCUT2D eigenvalue weighted by Crippen LogP contribution is 2.37. The second-order valence-corrected chi connectivity index (χ2v) is 14.3. The van der Waals surface area contributed by atoms with Gasteiger partial charge >= 0.3 is 0 Å². The predicted octanol–water partition coefficient (Wildman–Crippen LogP) is 12.0. The second kappa shape index (κ2) is 18.8. The monoisotopic (exact) mass is 589 g/mol. The van der Waals surface area contributed by atoms with E-state index >= 15 is 0 Å². The number of rotatable bonds is 18. The van der Waals surface area contributed by atoms with Crippen molar-refractivity contribution in [2.75, 3.05) is 0 Å². The number of hydrogen-bond acceptors (Lipinski definition) is 3. The van der Waals surface area contributed by atoms with Crippen LogP contribution in [0, 0.1) is 23.7 Å². The van der Waals surface area contributed by atoms with E-state index in [0.29, 0.717) is 0 Å². The first-order valence-electron chi connectivity index (χ1n) is 18.7. The zero-order valence-corrected chi connectivity index (χ0v) is 28.5. The molecule has 0 unspecified atom stereocenters. The standard InChI is InChI=1S/C40H64N2O/c1-5-9-13-31-17-21-33(22-18-31)25-35-27-37(29-41-39(35)15-11-7-3)43-38-28-36(40(42-30-38)16-12-8-4)26-34-23-19-32(20-24-34)14-10-6-2/h27-34H,5-26H2,1-4H3. The molecule has 2 aromatic heterocycles. The number of hydrogen-bond donors (Lipinski definition) is 0. The molecule has 0 aliphatic heterocycles. The Morgan fingerprint density at radius 3 is 1.28 bits per heavy atom. The van der Waals surface area contributed by atoms with E-state index in [1.807, 2.05) is 12.4 Å². The van der Waals surface area contributed by atoms with E-state index in [1.54, 1.807) is 0 Å². The third-order valence-corrected chi connectivity index (χ3v) is 10.7. The van der Waals surface area contributed by atoms with Crippen molar-refractivity contribution in [3.8, 4) is 11.5 Å². The fourth-order valence-electron chi connectivity index (χ4n) is 7.83. The zero-order valence-electron chi connectivity index (χ0n) is 28.5. The Morgan fingerprint density at radius 2 is 0.907 bits per heavy atom. The van der Waals surface area contributed by atoms with Crippen LogP contribution in [0.5, 0.6) is 11.5 Å². The van der Waals surface area contributed by atoms with Crippen LogP contribution in [0.15, 0.2) is 24.5 Å². The van der Waals surface area contributed by atoms with Crippen LogP contribution in [0.25, 0.3) is 0 Å². The maximum atomic E-state index is 6.55. The van der Waals surface area contributed by atoms with E-state index in [0.717, 1.165) is 60.9 Å². The van der Waals surface area contributed by atoms with Gasteiger partial charge in [-0.15, -0.1) is 0 Å². The summed E-state index contributed by atoms with van der Waals surface area (Å²) in [5.74, 6) is 5.27. The summed E-state index contributed by atoms with van der Waals surface area (Å²) < 4.78 is 6.55. The molecule has 43 heavy (non-hydrogen) atoms. The van der Waals surface area contributed by atoms with Crippen molar-refractivity contribution < 1.29 is 4.74 Å². The van der Waals surface area contributed by atoms with Crippen molar-refractivity contribution in [1.29, 1.82) is 0 Å². The Hall–Kier alpha value is -1.90. The largest absolute Gasteiger partial charge is 0.454 e. The molecule has 3 nitrogen and oxygen atoms in total. The highest BCUT2D eigenvalue weighted by atomic mass is 16.5. The molecule has 2 heterocycles. The first kappa shape index (κ1) is 34.0. The number of unbranched alkanes of at least 4 members (excludes halogenated alkanes) is 4. The average Bonchev–Trinajstić information content (AvgIpc) is 3.03. The first-order valence-corrected chi connectivity index (χ1v) is 18.7. The molecule has 0 aromatic carbocycles. The van der Waals surface area contributed by atoms with E-state index in [9.17, 15) is 0 Å². The maximum Gasteiger partial charge on any atom is 0.146 e. The Balaban J connectivity index is 1.44. The van der Waals surface area contributed by atoms with Gasteiger partial charge in [0.05, 0.1) is 12.4 Å². The quantitative estimate of drug-likeness (QED) is 0.174. The molecule has 3 heteroatoms. The van der Waals surface area contributed by atoms with E-state index in [2.05, 4.69) is 39.8 Å². The van der Waals surface area contributed by atoms with Crippen LogP contribution in [0.3, 0.4) is 0 Å². The third-order valence-electron chi connectivity index (χ3n) is 10.7. The summed E-state index contributed by atoms with van der Waals surface area (Å²) in [6, 6.07) is 4.65. The lowest BCUT2D eigenvalue weighted by molar-refractivity contribution is 0.258. The number of ether oxygens (including phenoxy) is 1. The summed E-state index contributed by atoms with van der Waals surface area (Å²) in [7, 11) is 0. The summed E-state index contributed by atoms with van der Waals surface area (Å²) >= 11 is 0. The molecule has 0 radical (unpaired) electrons. The Kier molecular flexibility index (Phi) is 14.9. The van der Waals surface area contributed by atoms with Gasteiger partial charge in [-0.05, 0) is 111 Å². The van der Waals surface area contributed by atoms with E-state index in [1.165, 1.54) is 138 Å². The summed E-state index contributed by atoms with van der Waals surface area (Å²) in [5, 5.41) is 0. The first-order chi connectivity index (χ1) is 21.1. The smallest absolute Gasteiger partial charge is 0.146 e.